The predicted octanol–water partition coefficient (Wildman–Crippen LogP) is 5.56. The van der Waals surface area contributed by atoms with E-state index in [1.165, 1.54) is 11.1 Å². The zero-order valence-corrected chi connectivity index (χ0v) is 13.1. The van der Waals surface area contributed by atoms with Gasteiger partial charge in [0.05, 0.1) is 5.52 Å². The molecule has 0 saturated heterocycles. The summed E-state index contributed by atoms with van der Waals surface area (Å²) >= 11 is 5.94. The number of hydrogen-bond acceptors (Lipinski definition) is 2. The molecule has 0 radical (unpaired) electrons. The molecule has 106 valence electrons. The van der Waals surface area contributed by atoms with E-state index in [1.807, 2.05) is 31.2 Å². The molecule has 0 atom stereocenters. The highest BCUT2D eigenvalue weighted by Gasteiger charge is 2.08. The Bertz CT molecular complexity index is 808. The van der Waals surface area contributed by atoms with Crippen LogP contribution in [0, 0.1) is 20.8 Å². The molecule has 0 bridgehead atoms. The van der Waals surface area contributed by atoms with Crippen molar-refractivity contribution < 1.29 is 0 Å². The first-order valence-corrected chi connectivity index (χ1v) is 7.32. The van der Waals surface area contributed by atoms with E-state index >= 15 is 0 Å². The average molecular weight is 297 g/mol. The zero-order chi connectivity index (χ0) is 15.0. The van der Waals surface area contributed by atoms with Crippen LogP contribution in [0.1, 0.15) is 16.8 Å². The highest BCUT2D eigenvalue weighted by atomic mass is 35.5. The fourth-order valence-corrected chi connectivity index (χ4v) is 2.58. The van der Waals surface area contributed by atoms with Crippen LogP contribution in [-0.2, 0) is 0 Å². The summed E-state index contributed by atoms with van der Waals surface area (Å²) in [5.74, 6) is 0. The summed E-state index contributed by atoms with van der Waals surface area (Å²) in [5.41, 5.74) is 6.65. The molecule has 0 spiro atoms. The Hall–Kier alpha value is -2.06. The van der Waals surface area contributed by atoms with E-state index in [0.717, 1.165) is 33.0 Å². The van der Waals surface area contributed by atoms with Gasteiger partial charge in [-0.2, -0.15) is 0 Å². The van der Waals surface area contributed by atoms with Crippen molar-refractivity contribution in [1.29, 1.82) is 0 Å². The zero-order valence-electron chi connectivity index (χ0n) is 12.4. The molecule has 3 heteroatoms. The van der Waals surface area contributed by atoms with E-state index in [1.54, 1.807) is 0 Å². The van der Waals surface area contributed by atoms with Gasteiger partial charge in [-0.3, -0.25) is 4.98 Å². The van der Waals surface area contributed by atoms with Crippen molar-refractivity contribution in [3.05, 3.63) is 64.3 Å². The van der Waals surface area contributed by atoms with E-state index < -0.39 is 0 Å². The molecule has 2 aromatic carbocycles. The second-order valence-corrected chi connectivity index (χ2v) is 5.78. The van der Waals surface area contributed by atoms with Crippen molar-refractivity contribution >= 4 is 33.9 Å². The lowest BCUT2D eigenvalue weighted by Crippen LogP contribution is -1.96. The number of nitrogens with zero attached hydrogens (tertiary/aromatic N) is 1. The normalized spacial score (nSPS) is 10.9. The van der Waals surface area contributed by atoms with Crippen LogP contribution >= 0.6 is 11.6 Å². The lowest BCUT2D eigenvalue weighted by molar-refractivity contribution is 1.23. The SMILES string of the molecule is Cc1cc(Nc2ccc(Cl)cc2)c2ccc(C)c(C)c2n1. The third kappa shape index (κ3) is 2.72. The first kappa shape index (κ1) is 13.9. The minimum absolute atomic E-state index is 0.739. The second kappa shape index (κ2) is 5.38. The number of nitrogens with one attached hydrogen (secondary N) is 1. The molecule has 0 aliphatic rings. The van der Waals surface area contributed by atoms with E-state index in [0.29, 0.717) is 0 Å². The Morgan fingerprint density at radius 1 is 0.952 bits per heavy atom. The summed E-state index contributed by atoms with van der Waals surface area (Å²) in [6.45, 7) is 6.26. The fourth-order valence-electron chi connectivity index (χ4n) is 2.45. The van der Waals surface area contributed by atoms with Crippen molar-refractivity contribution in [1.82, 2.24) is 4.98 Å². The minimum Gasteiger partial charge on any atom is -0.355 e. The van der Waals surface area contributed by atoms with Crippen molar-refractivity contribution in [2.75, 3.05) is 5.32 Å². The molecule has 0 aliphatic heterocycles. The third-order valence-corrected chi connectivity index (χ3v) is 4.01. The van der Waals surface area contributed by atoms with Gasteiger partial charge in [0.15, 0.2) is 0 Å². The maximum atomic E-state index is 5.94. The van der Waals surface area contributed by atoms with Crippen LogP contribution < -0.4 is 5.32 Å². The monoisotopic (exact) mass is 296 g/mol. The lowest BCUT2D eigenvalue weighted by Gasteiger charge is -2.13. The predicted molar refractivity (Wildman–Crippen MR) is 90.7 cm³/mol. The molecule has 0 unspecified atom stereocenters. The van der Waals surface area contributed by atoms with Crippen LogP contribution in [0.25, 0.3) is 10.9 Å². The summed E-state index contributed by atoms with van der Waals surface area (Å²) in [5, 5.41) is 5.34. The van der Waals surface area contributed by atoms with Crippen LogP contribution in [0.4, 0.5) is 11.4 Å². The van der Waals surface area contributed by atoms with Crippen molar-refractivity contribution in [2.45, 2.75) is 20.8 Å². The second-order valence-electron chi connectivity index (χ2n) is 5.35. The van der Waals surface area contributed by atoms with Gasteiger partial charge in [-0.05, 0) is 62.2 Å². The number of benzene rings is 2. The molecule has 0 saturated carbocycles. The first-order chi connectivity index (χ1) is 10.0. The Morgan fingerprint density at radius 3 is 2.38 bits per heavy atom. The van der Waals surface area contributed by atoms with Crippen LogP contribution in [-0.4, -0.2) is 4.98 Å². The highest BCUT2D eigenvalue weighted by Crippen LogP contribution is 2.29. The molecule has 1 N–H and O–H groups in total. The van der Waals surface area contributed by atoms with Gasteiger partial charge in [0.25, 0.3) is 0 Å². The third-order valence-electron chi connectivity index (χ3n) is 3.76. The van der Waals surface area contributed by atoms with E-state index in [4.69, 9.17) is 16.6 Å². The van der Waals surface area contributed by atoms with Gasteiger partial charge >= 0.3 is 0 Å². The van der Waals surface area contributed by atoms with Crippen molar-refractivity contribution in [3.63, 3.8) is 0 Å². The average Bonchev–Trinajstić information content (AvgIpc) is 2.46. The Balaban J connectivity index is 2.13. The number of aromatic nitrogens is 1. The Kier molecular flexibility index (Phi) is 3.56. The van der Waals surface area contributed by atoms with Gasteiger partial charge in [-0.25, -0.2) is 0 Å². The number of anilines is 2. The quantitative estimate of drug-likeness (QED) is 0.670. The lowest BCUT2D eigenvalue weighted by atomic mass is 10.0. The summed E-state index contributed by atoms with van der Waals surface area (Å²) in [7, 11) is 0. The van der Waals surface area contributed by atoms with Gasteiger partial charge in [0.1, 0.15) is 0 Å². The summed E-state index contributed by atoms with van der Waals surface area (Å²) in [6.07, 6.45) is 0. The Labute approximate surface area is 129 Å². The molecule has 3 rings (SSSR count). The summed E-state index contributed by atoms with van der Waals surface area (Å²) in [6, 6.07) is 14.1. The molecular weight excluding hydrogens is 280 g/mol. The van der Waals surface area contributed by atoms with Gasteiger partial charge in [0, 0.05) is 27.5 Å². The maximum Gasteiger partial charge on any atom is 0.0757 e. The first-order valence-electron chi connectivity index (χ1n) is 6.95. The van der Waals surface area contributed by atoms with Crippen LogP contribution in [0.3, 0.4) is 0 Å². The number of fused-ring (bicyclic) bond motifs is 1. The number of aryl methyl sites for hydroxylation is 3. The molecule has 1 heterocycles. The molecule has 0 amide bonds. The molecule has 0 aliphatic carbocycles. The van der Waals surface area contributed by atoms with Gasteiger partial charge in [-0.1, -0.05) is 23.7 Å². The van der Waals surface area contributed by atoms with E-state index in [-0.39, 0.29) is 0 Å². The maximum absolute atomic E-state index is 5.94. The Morgan fingerprint density at radius 2 is 1.67 bits per heavy atom. The standard InChI is InChI=1S/C18H17ClN2/c1-11-4-9-16-17(10-12(2)20-18(16)13(11)3)21-15-7-5-14(19)6-8-15/h4-10H,1-3H3,(H,20,21). The number of rotatable bonds is 2. The van der Waals surface area contributed by atoms with Crippen molar-refractivity contribution in [3.8, 4) is 0 Å². The van der Waals surface area contributed by atoms with Crippen LogP contribution in [0.15, 0.2) is 42.5 Å². The summed E-state index contributed by atoms with van der Waals surface area (Å²) in [4.78, 5) is 4.69. The largest absolute Gasteiger partial charge is 0.355 e. The molecule has 0 fully saturated rings. The highest BCUT2D eigenvalue weighted by molar-refractivity contribution is 6.30. The van der Waals surface area contributed by atoms with Crippen molar-refractivity contribution in [2.24, 2.45) is 0 Å². The molecule has 1 aromatic heterocycles. The smallest absolute Gasteiger partial charge is 0.0757 e. The van der Waals surface area contributed by atoms with Gasteiger partial charge in [0.2, 0.25) is 0 Å². The van der Waals surface area contributed by atoms with Gasteiger partial charge < -0.3 is 5.32 Å². The fraction of sp³-hybridized carbons (Fsp3) is 0.167. The van der Waals surface area contributed by atoms with E-state index in [9.17, 15) is 0 Å². The van der Waals surface area contributed by atoms with E-state index in [2.05, 4.69) is 37.4 Å². The molecular formula is C18H17ClN2. The van der Waals surface area contributed by atoms with Crippen LogP contribution in [0.5, 0.6) is 0 Å². The number of hydrogen-bond donors (Lipinski definition) is 1. The van der Waals surface area contributed by atoms with Crippen LogP contribution in [0.2, 0.25) is 5.02 Å². The molecule has 2 nitrogen and oxygen atoms in total. The number of pyridine rings is 1. The molecule has 3 aromatic rings. The topological polar surface area (TPSA) is 24.9 Å². The van der Waals surface area contributed by atoms with Gasteiger partial charge in [-0.15, -0.1) is 0 Å². The summed E-state index contributed by atoms with van der Waals surface area (Å²) < 4.78 is 0. The molecule has 21 heavy (non-hydrogen) atoms. The number of halogens is 1. The minimum atomic E-state index is 0.739.